The fraction of sp³-hybridized carbons (Fsp3) is 0.304. The monoisotopic (exact) mass is 509 g/mol. The molecule has 0 spiro atoms. The Balaban J connectivity index is 1.92. The van der Waals surface area contributed by atoms with Gasteiger partial charge in [-0.2, -0.15) is 13.2 Å². The third-order valence-corrected chi connectivity index (χ3v) is 5.85. The number of carbonyl (C=O) groups excluding carboxylic acids is 2. The normalized spacial score (nSPS) is 15.0. The first-order chi connectivity index (χ1) is 16.9. The van der Waals surface area contributed by atoms with Crippen molar-refractivity contribution in [2.75, 3.05) is 25.0 Å². The summed E-state index contributed by atoms with van der Waals surface area (Å²) in [7, 11) is 1.59. The number of hydrogen-bond donors (Lipinski definition) is 1. The van der Waals surface area contributed by atoms with E-state index in [2.05, 4.69) is 4.98 Å². The van der Waals surface area contributed by atoms with Gasteiger partial charge >= 0.3 is 12.2 Å². The van der Waals surface area contributed by atoms with Gasteiger partial charge < -0.3 is 10.2 Å². The predicted octanol–water partition coefficient (Wildman–Crippen LogP) is 3.61. The highest BCUT2D eigenvalue weighted by atomic mass is 19.4. The zero-order chi connectivity index (χ0) is 26.4. The smallest absolute Gasteiger partial charge is 0.340 e. The van der Waals surface area contributed by atoms with Gasteiger partial charge in [-0.3, -0.25) is 19.1 Å². The Morgan fingerprint density at radius 2 is 1.86 bits per heavy atom. The van der Waals surface area contributed by atoms with Crippen molar-refractivity contribution in [1.29, 1.82) is 0 Å². The lowest BCUT2D eigenvalue weighted by atomic mass is 10.1. The Morgan fingerprint density at radius 3 is 2.44 bits per heavy atom. The van der Waals surface area contributed by atoms with E-state index >= 15 is 0 Å². The first-order valence-corrected chi connectivity index (χ1v) is 10.8. The Kier molecular flexibility index (Phi) is 6.41. The van der Waals surface area contributed by atoms with E-state index in [1.807, 2.05) is 0 Å². The van der Waals surface area contributed by atoms with Crippen LogP contribution in [0.1, 0.15) is 23.7 Å². The third kappa shape index (κ3) is 4.48. The maximum Gasteiger partial charge on any atom is 0.408 e. The molecule has 4 rings (SSSR count). The molecule has 1 N–H and O–H groups in total. The minimum atomic E-state index is -4.75. The second-order valence-electron chi connectivity index (χ2n) is 8.21. The molecule has 0 bridgehead atoms. The molecule has 1 aliphatic rings. The Morgan fingerprint density at radius 1 is 1.14 bits per heavy atom. The van der Waals surface area contributed by atoms with Crippen LogP contribution in [0.3, 0.4) is 0 Å². The molecule has 1 saturated heterocycles. The van der Waals surface area contributed by atoms with E-state index in [4.69, 9.17) is 0 Å². The number of aromatic nitrogens is 2. The third-order valence-electron chi connectivity index (χ3n) is 5.85. The van der Waals surface area contributed by atoms with Gasteiger partial charge in [0.15, 0.2) is 5.65 Å². The molecule has 0 aliphatic carbocycles. The summed E-state index contributed by atoms with van der Waals surface area (Å²) in [4.78, 5) is 45.4. The number of halogens is 5. The van der Waals surface area contributed by atoms with Gasteiger partial charge in [0, 0.05) is 32.4 Å². The molecule has 0 saturated carbocycles. The van der Waals surface area contributed by atoms with Crippen molar-refractivity contribution in [3.05, 3.63) is 63.9 Å². The number of carbonyl (C=O) groups is 2. The average molecular weight is 509 g/mol. The summed E-state index contributed by atoms with van der Waals surface area (Å²) < 4.78 is 68.9. The number of pyridine rings is 2. The molecule has 3 heterocycles. The van der Waals surface area contributed by atoms with E-state index in [-0.39, 0.29) is 28.6 Å². The first kappa shape index (κ1) is 25.1. The fourth-order valence-electron chi connectivity index (χ4n) is 3.88. The number of benzene rings is 1. The summed E-state index contributed by atoms with van der Waals surface area (Å²) >= 11 is 0. The number of rotatable bonds is 5. The quantitative estimate of drug-likeness (QED) is 0.533. The van der Waals surface area contributed by atoms with Gasteiger partial charge in [-0.05, 0) is 30.7 Å². The van der Waals surface area contributed by atoms with E-state index in [0.717, 1.165) is 22.9 Å². The number of likely N-dealkylation sites (N-methyl/N-ethyl adjacent to an activating group) is 1. The van der Waals surface area contributed by atoms with Crippen molar-refractivity contribution < 1.29 is 31.5 Å². The number of nitrogens with one attached hydrogen (secondary N) is 1. The Hall–Kier alpha value is -4.03. The molecule has 1 atom stereocenters. The van der Waals surface area contributed by atoms with Gasteiger partial charge in [-0.1, -0.05) is 6.92 Å². The van der Waals surface area contributed by atoms with Crippen LogP contribution in [0, 0.1) is 11.6 Å². The van der Waals surface area contributed by atoms with Crippen molar-refractivity contribution in [2.45, 2.75) is 25.6 Å². The first-order valence-electron chi connectivity index (χ1n) is 10.8. The topological polar surface area (TPSA) is 87.5 Å². The summed E-state index contributed by atoms with van der Waals surface area (Å²) in [5, 5.41) is 1.58. The van der Waals surface area contributed by atoms with Crippen molar-refractivity contribution in [3.63, 3.8) is 0 Å². The highest BCUT2D eigenvalue weighted by molar-refractivity contribution is 5.98. The van der Waals surface area contributed by atoms with Crippen LogP contribution in [0.5, 0.6) is 0 Å². The van der Waals surface area contributed by atoms with Crippen molar-refractivity contribution in [3.8, 4) is 5.69 Å². The van der Waals surface area contributed by atoms with E-state index in [1.54, 1.807) is 12.4 Å². The van der Waals surface area contributed by atoms with E-state index in [9.17, 15) is 36.3 Å². The summed E-state index contributed by atoms with van der Waals surface area (Å²) in [5.74, 6) is -3.15. The minimum Gasteiger partial charge on any atom is -0.340 e. The molecule has 1 aromatic carbocycles. The molecule has 0 unspecified atom stereocenters. The molecular formula is C23H20F5N5O3. The Bertz CT molecular complexity index is 1420. The highest BCUT2D eigenvalue weighted by Gasteiger charge is 2.40. The summed E-state index contributed by atoms with van der Waals surface area (Å²) in [6, 6.07) is 2.55. The van der Waals surface area contributed by atoms with Crippen LogP contribution >= 0.6 is 0 Å². The number of hydrogen-bond acceptors (Lipinski definition) is 4. The largest absolute Gasteiger partial charge is 0.408 e. The lowest BCUT2D eigenvalue weighted by Gasteiger charge is -2.21. The van der Waals surface area contributed by atoms with Gasteiger partial charge in [0.2, 0.25) is 5.43 Å². The van der Waals surface area contributed by atoms with Crippen molar-refractivity contribution in [2.24, 2.45) is 0 Å². The maximum atomic E-state index is 14.7. The molecule has 1 fully saturated rings. The number of fused-ring (bicyclic) bond motifs is 1. The molecule has 13 heteroatoms. The number of alkyl halides is 3. The summed E-state index contributed by atoms with van der Waals surface area (Å²) in [6.45, 7) is 1.92. The Labute approximate surface area is 200 Å². The van der Waals surface area contributed by atoms with Crippen LogP contribution in [0.2, 0.25) is 0 Å². The maximum absolute atomic E-state index is 14.7. The van der Waals surface area contributed by atoms with Gasteiger partial charge in [0.1, 0.15) is 29.1 Å². The fourth-order valence-corrected chi connectivity index (χ4v) is 3.88. The molecule has 36 heavy (non-hydrogen) atoms. The van der Waals surface area contributed by atoms with Crippen LogP contribution in [-0.2, 0) is 0 Å². The van der Waals surface area contributed by atoms with Crippen LogP contribution < -0.4 is 15.6 Å². The van der Waals surface area contributed by atoms with Crippen molar-refractivity contribution in [1.82, 2.24) is 19.8 Å². The summed E-state index contributed by atoms with van der Waals surface area (Å²) in [6.07, 6.45) is -4.38. The van der Waals surface area contributed by atoms with Gasteiger partial charge in [0.05, 0.1) is 11.1 Å². The average Bonchev–Trinajstić information content (AvgIpc) is 3.15. The van der Waals surface area contributed by atoms with Crippen LogP contribution in [0.25, 0.3) is 16.7 Å². The lowest BCUT2D eigenvalue weighted by molar-refractivity contribution is -0.153. The van der Waals surface area contributed by atoms with Gasteiger partial charge in [-0.15, -0.1) is 0 Å². The van der Waals surface area contributed by atoms with Crippen LogP contribution in [-0.4, -0.2) is 58.7 Å². The molecule has 3 aromatic rings. The number of nitrogens with zero attached hydrogens (tertiary/aromatic N) is 4. The summed E-state index contributed by atoms with van der Waals surface area (Å²) in [5.41, 5.74) is -2.12. The molecule has 190 valence electrons. The van der Waals surface area contributed by atoms with Gasteiger partial charge in [-0.25, -0.2) is 18.6 Å². The minimum absolute atomic E-state index is 0.132. The van der Waals surface area contributed by atoms with Crippen LogP contribution in [0.15, 0.2) is 41.3 Å². The standard InChI is InChI=1S/C23H20F5N5O3/c1-3-17(23(26,27)28)29-21(35)14-11-33(16-6-4-12(24)10-15(16)25)20-13(19(14)34)5-7-18(30-20)32-9-8-31(2)22(32)36/h4-7,10-11,17H,3,8-9H2,1-2H3,(H,29,35)/t17-/m1/s1. The van der Waals surface area contributed by atoms with Gasteiger partial charge in [0.25, 0.3) is 5.91 Å². The number of urea groups is 1. The molecule has 8 nitrogen and oxygen atoms in total. The van der Waals surface area contributed by atoms with Crippen molar-refractivity contribution >= 4 is 28.8 Å². The lowest BCUT2D eigenvalue weighted by Crippen LogP contribution is -2.46. The molecule has 3 amide bonds. The highest BCUT2D eigenvalue weighted by Crippen LogP contribution is 2.25. The molecular weight excluding hydrogens is 489 g/mol. The number of amides is 3. The number of anilines is 1. The molecule has 1 aliphatic heterocycles. The van der Waals surface area contributed by atoms with E-state index in [1.165, 1.54) is 28.9 Å². The van der Waals surface area contributed by atoms with Crippen LogP contribution in [0.4, 0.5) is 32.6 Å². The van der Waals surface area contributed by atoms with E-state index in [0.29, 0.717) is 19.2 Å². The predicted molar refractivity (Wildman–Crippen MR) is 120 cm³/mol. The molecule has 0 radical (unpaired) electrons. The molecule has 2 aromatic heterocycles. The SMILES string of the molecule is CC[C@@H](NC(=O)c1cn(-c2ccc(F)cc2F)c2nc(N3CCN(C)C3=O)ccc2c1=O)C(F)(F)F. The second-order valence-corrected chi connectivity index (χ2v) is 8.21. The second kappa shape index (κ2) is 9.21. The zero-order valence-electron chi connectivity index (χ0n) is 19.1. The van der Waals surface area contributed by atoms with E-state index < -0.39 is 47.2 Å². The zero-order valence-corrected chi connectivity index (χ0v) is 19.1.